The van der Waals surface area contributed by atoms with E-state index in [0.717, 1.165) is 11.3 Å². The van der Waals surface area contributed by atoms with E-state index in [-0.39, 0.29) is 24.5 Å². The maximum absolute atomic E-state index is 13.9. The molecule has 7 nitrogen and oxygen atoms in total. The molecule has 1 N–H and O–H groups in total. The lowest BCUT2D eigenvalue weighted by molar-refractivity contribution is -0.117. The van der Waals surface area contributed by atoms with Gasteiger partial charge < -0.3 is 14.5 Å². The van der Waals surface area contributed by atoms with Crippen molar-refractivity contribution in [3.05, 3.63) is 132 Å². The lowest BCUT2D eigenvalue weighted by atomic mass is 10.1. The van der Waals surface area contributed by atoms with Gasteiger partial charge in [0.2, 0.25) is 0 Å². The highest BCUT2D eigenvalue weighted by Crippen LogP contribution is 2.28. The summed E-state index contributed by atoms with van der Waals surface area (Å²) in [5, 5.41) is 17.2. The van der Waals surface area contributed by atoms with Crippen molar-refractivity contribution in [1.82, 2.24) is 15.1 Å². The van der Waals surface area contributed by atoms with Gasteiger partial charge in [0.05, 0.1) is 24.2 Å². The van der Waals surface area contributed by atoms with Crippen LogP contribution in [0.1, 0.15) is 16.9 Å². The number of aromatic nitrogens is 2. The summed E-state index contributed by atoms with van der Waals surface area (Å²) in [5.41, 5.74) is 3.13. The molecule has 192 valence electrons. The van der Waals surface area contributed by atoms with E-state index in [4.69, 9.17) is 14.3 Å². The van der Waals surface area contributed by atoms with Crippen LogP contribution < -0.4 is 10.1 Å². The minimum Gasteiger partial charge on any atom is -0.489 e. The van der Waals surface area contributed by atoms with Gasteiger partial charge in [0.25, 0.3) is 5.91 Å². The fourth-order valence-corrected chi connectivity index (χ4v) is 3.90. The molecule has 0 bridgehead atoms. The van der Waals surface area contributed by atoms with Gasteiger partial charge in [-0.25, -0.2) is 9.07 Å². The second kappa shape index (κ2) is 11.8. The Kier molecular flexibility index (Phi) is 7.61. The van der Waals surface area contributed by atoms with Gasteiger partial charge in [-0.2, -0.15) is 10.4 Å². The van der Waals surface area contributed by atoms with Crippen molar-refractivity contribution >= 4 is 12.0 Å². The zero-order valence-electron chi connectivity index (χ0n) is 20.8. The molecular weight excluding hydrogens is 495 g/mol. The summed E-state index contributed by atoms with van der Waals surface area (Å²) in [5.74, 6) is 0.301. The normalized spacial score (nSPS) is 11.1. The molecule has 0 atom stereocenters. The first-order chi connectivity index (χ1) is 19.1. The predicted octanol–water partition coefficient (Wildman–Crippen LogP) is 6.07. The van der Waals surface area contributed by atoms with Crippen molar-refractivity contribution in [2.24, 2.45) is 0 Å². The van der Waals surface area contributed by atoms with Gasteiger partial charge in [-0.05, 0) is 60.7 Å². The first-order valence-electron chi connectivity index (χ1n) is 12.1. The largest absolute Gasteiger partial charge is 0.489 e. The molecule has 0 aliphatic heterocycles. The molecule has 0 aliphatic rings. The van der Waals surface area contributed by atoms with Crippen LogP contribution in [0.25, 0.3) is 23.0 Å². The Hall–Kier alpha value is -5.42. The molecule has 0 saturated heterocycles. The number of carbonyl (C=O) groups excluding carboxylic acids is 1. The third kappa shape index (κ3) is 6.12. The van der Waals surface area contributed by atoms with Gasteiger partial charge in [0.15, 0.2) is 0 Å². The number of furan rings is 1. The van der Waals surface area contributed by atoms with Crippen LogP contribution in [0.3, 0.4) is 0 Å². The number of para-hydroxylation sites is 1. The summed E-state index contributed by atoms with van der Waals surface area (Å²) in [7, 11) is 0. The Morgan fingerprint density at radius 2 is 1.79 bits per heavy atom. The molecule has 2 aromatic heterocycles. The number of ether oxygens (including phenoxy) is 1. The van der Waals surface area contributed by atoms with Crippen molar-refractivity contribution in [2.75, 3.05) is 0 Å². The Labute approximate surface area is 224 Å². The van der Waals surface area contributed by atoms with E-state index in [1.165, 1.54) is 18.4 Å². The standard InChI is InChI=1S/C31H23FN4O3/c32-29-11-5-4-7-23(29)21-39-27-14-12-22(13-15-27)30-25(20-36(35-30)26-8-2-1-3-9-26)17-24(18-33)31(37)34-19-28-10-6-16-38-28/h1-17,20H,19,21H2,(H,34,37)/b24-17+. The predicted molar refractivity (Wildman–Crippen MR) is 144 cm³/mol. The number of hydrogen-bond acceptors (Lipinski definition) is 5. The quantitative estimate of drug-likeness (QED) is 0.189. The van der Waals surface area contributed by atoms with E-state index in [9.17, 15) is 14.4 Å². The van der Waals surface area contributed by atoms with E-state index in [2.05, 4.69) is 5.32 Å². The molecular formula is C31H23FN4O3. The van der Waals surface area contributed by atoms with Crippen LogP contribution in [-0.4, -0.2) is 15.7 Å². The van der Waals surface area contributed by atoms with E-state index in [0.29, 0.717) is 28.3 Å². The number of nitrogens with zero attached hydrogens (tertiary/aromatic N) is 3. The number of hydrogen-bond donors (Lipinski definition) is 1. The van der Waals surface area contributed by atoms with Crippen molar-refractivity contribution in [3.8, 4) is 28.8 Å². The average molecular weight is 519 g/mol. The smallest absolute Gasteiger partial charge is 0.262 e. The maximum atomic E-state index is 13.9. The monoisotopic (exact) mass is 518 g/mol. The van der Waals surface area contributed by atoms with Gasteiger partial charge in [-0.3, -0.25) is 4.79 Å². The van der Waals surface area contributed by atoms with Crippen LogP contribution in [0.2, 0.25) is 0 Å². The number of amides is 1. The molecule has 39 heavy (non-hydrogen) atoms. The lowest BCUT2D eigenvalue weighted by Crippen LogP contribution is -2.23. The summed E-state index contributed by atoms with van der Waals surface area (Å²) in [6.45, 7) is 0.261. The molecule has 3 aromatic carbocycles. The molecule has 5 aromatic rings. The second-order valence-corrected chi connectivity index (χ2v) is 8.55. The number of rotatable bonds is 9. The molecule has 0 radical (unpaired) electrons. The van der Waals surface area contributed by atoms with Gasteiger partial charge in [-0.1, -0.05) is 36.4 Å². The molecule has 0 unspecified atom stereocenters. The summed E-state index contributed by atoms with van der Waals surface area (Å²) in [6, 6.07) is 28.6. The number of nitrogens with one attached hydrogen (secondary N) is 1. The number of halogens is 1. The zero-order chi connectivity index (χ0) is 27.0. The summed E-state index contributed by atoms with van der Waals surface area (Å²) in [4.78, 5) is 12.7. The summed E-state index contributed by atoms with van der Waals surface area (Å²) < 4.78 is 26.6. The van der Waals surface area contributed by atoms with Crippen LogP contribution in [0.15, 0.2) is 113 Å². The molecule has 1 amide bonds. The van der Waals surface area contributed by atoms with E-state index >= 15 is 0 Å². The van der Waals surface area contributed by atoms with E-state index in [1.54, 1.807) is 53.3 Å². The maximum Gasteiger partial charge on any atom is 0.262 e. The Bertz CT molecular complexity index is 1630. The van der Waals surface area contributed by atoms with Crippen molar-refractivity contribution in [1.29, 1.82) is 5.26 Å². The van der Waals surface area contributed by atoms with Crippen LogP contribution in [0, 0.1) is 17.1 Å². The Morgan fingerprint density at radius 1 is 1.03 bits per heavy atom. The van der Waals surface area contributed by atoms with Gasteiger partial charge in [-0.15, -0.1) is 0 Å². The minimum absolute atomic E-state index is 0.0692. The molecule has 5 rings (SSSR count). The van der Waals surface area contributed by atoms with Crippen molar-refractivity contribution in [2.45, 2.75) is 13.2 Å². The van der Waals surface area contributed by atoms with E-state index < -0.39 is 5.91 Å². The molecule has 2 heterocycles. The van der Waals surface area contributed by atoms with Gasteiger partial charge in [0.1, 0.15) is 35.6 Å². The topological polar surface area (TPSA) is 93.1 Å². The van der Waals surface area contributed by atoms with Crippen LogP contribution in [-0.2, 0) is 17.9 Å². The van der Waals surface area contributed by atoms with Crippen LogP contribution >= 0.6 is 0 Å². The Balaban J connectivity index is 1.42. The fourth-order valence-electron chi connectivity index (χ4n) is 3.90. The third-order valence-electron chi connectivity index (χ3n) is 5.91. The summed E-state index contributed by atoms with van der Waals surface area (Å²) in [6.07, 6.45) is 4.80. The molecule has 0 fully saturated rings. The fraction of sp³-hybridized carbons (Fsp3) is 0.0645. The SMILES string of the molecule is N#C/C(=C\c1cn(-c2ccccc2)nc1-c1ccc(OCc2ccccc2F)cc1)C(=O)NCc1ccco1. The average Bonchev–Trinajstić information content (AvgIpc) is 3.65. The first-order valence-corrected chi connectivity index (χ1v) is 12.1. The number of benzene rings is 3. The van der Waals surface area contributed by atoms with Crippen molar-refractivity contribution < 1.29 is 18.3 Å². The minimum atomic E-state index is -0.524. The van der Waals surface area contributed by atoms with E-state index in [1.807, 2.05) is 48.5 Å². The highest BCUT2D eigenvalue weighted by atomic mass is 19.1. The highest BCUT2D eigenvalue weighted by molar-refractivity contribution is 6.02. The van der Waals surface area contributed by atoms with Crippen LogP contribution in [0.5, 0.6) is 5.75 Å². The molecule has 0 saturated carbocycles. The Morgan fingerprint density at radius 3 is 2.51 bits per heavy atom. The number of carbonyl (C=O) groups is 1. The second-order valence-electron chi connectivity index (χ2n) is 8.55. The lowest BCUT2D eigenvalue weighted by Gasteiger charge is -2.08. The third-order valence-corrected chi connectivity index (χ3v) is 5.91. The van der Waals surface area contributed by atoms with Gasteiger partial charge >= 0.3 is 0 Å². The first kappa shape index (κ1) is 25.2. The van der Waals surface area contributed by atoms with Crippen LogP contribution in [0.4, 0.5) is 4.39 Å². The number of nitriles is 1. The summed E-state index contributed by atoms with van der Waals surface area (Å²) >= 11 is 0. The molecule has 8 heteroatoms. The molecule has 0 spiro atoms. The zero-order valence-corrected chi connectivity index (χ0v) is 20.8. The molecule has 0 aliphatic carbocycles. The highest BCUT2D eigenvalue weighted by Gasteiger charge is 2.16. The van der Waals surface area contributed by atoms with Gasteiger partial charge in [0, 0.05) is 22.9 Å². The van der Waals surface area contributed by atoms with Crippen molar-refractivity contribution in [3.63, 3.8) is 0 Å².